The van der Waals surface area contributed by atoms with Gasteiger partial charge in [0.2, 0.25) is 0 Å². The first kappa shape index (κ1) is 9.85. The molecule has 1 saturated carbocycles. The zero-order valence-corrected chi connectivity index (χ0v) is 10.8. The maximum Gasteiger partial charge on any atom is 0.0755 e. The van der Waals surface area contributed by atoms with E-state index in [0.29, 0.717) is 17.8 Å². The monoisotopic (exact) mass is 220 g/mol. The topological polar surface area (TPSA) is 20.2 Å². The molecule has 0 aromatic heterocycles. The predicted octanol–water partition coefficient (Wildman–Crippen LogP) is 2.60. The van der Waals surface area contributed by atoms with E-state index in [1.54, 1.807) is 0 Å². The Morgan fingerprint density at radius 1 is 1.20 bits per heavy atom. The summed E-state index contributed by atoms with van der Waals surface area (Å²) in [6, 6.07) is 0. The molecule has 3 aliphatic rings. The van der Waals surface area contributed by atoms with Crippen molar-refractivity contribution in [2.45, 2.75) is 32.2 Å². The van der Waals surface area contributed by atoms with E-state index in [2.05, 4.69) is 37.9 Å². The van der Waals surface area contributed by atoms with Crippen LogP contribution in [0.25, 0.3) is 0 Å². The van der Waals surface area contributed by atoms with Gasteiger partial charge in [0.1, 0.15) is 0 Å². The third-order valence-electron chi connectivity index (χ3n) is 4.50. The molecule has 15 heavy (non-hydrogen) atoms. The van der Waals surface area contributed by atoms with Crippen molar-refractivity contribution in [3.8, 4) is 0 Å². The van der Waals surface area contributed by atoms with E-state index in [0.717, 1.165) is 5.92 Å². The second-order valence-electron chi connectivity index (χ2n) is 6.42. The highest BCUT2D eigenvalue weighted by molar-refractivity contribution is 6.83. The summed E-state index contributed by atoms with van der Waals surface area (Å²) in [5.74, 6) is 2.60. The van der Waals surface area contributed by atoms with Crippen molar-refractivity contribution in [3.63, 3.8) is 0 Å². The van der Waals surface area contributed by atoms with Gasteiger partial charge < -0.3 is 5.11 Å². The zero-order valence-electron chi connectivity index (χ0n) is 9.77. The molecule has 3 rings (SSSR count). The van der Waals surface area contributed by atoms with E-state index in [9.17, 15) is 5.11 Å². The summed E-state index contributed by atoms with van der Waals surface area (Å²) in [5.41, 5.74) is 0. The molecule has 3 aliphatic carbocycles. The van der Waals surface area contributed by atoms with Crippen LogP contribution in [0.15, 0.2) is 23.4 Å². The van der Waals surface area contributed by atoms with Gasteiger partial charge in [-0.2, -0.15) is 0 Å². The van der Waals surface area contributed by atoms with Gasteiger partial charge in [-0.3, -0.25) is 0 Å². The van der Waals surface area contributed by atoms with Crippen LogP contribution in [0.5, 0.6) is 0 Å². The molecule has 0 amide bonds. The van der Waals surface area contributed by atoms with Crippen LogP contribution in [-0.2, 0) is 0 Å². The third kappa shape index (κ3) is 1.24. The Hall–Kier alpha value is -0.343. The standard InChI is InChI=1S/C13H20OSi/c1-15(2,3)11-7-10-8-4-5-9(6-8)12(10)13(11)14/h4-5,7-10,12-14H,6H2,1-3H3/t8-,9+,10+,12-,13+/m0/s1. The zero-order chi connectivity index (χ0) is 10.8. The van der Waals surface area contributed by atoms with Gasteiger partial charge in [0.25, 0.3) is 0 Å². The summed E-state index contributed by atoms with van der Waals surface area (Å²) < 4.78 is 0. The number of rotatable bonds is 1. The highest BCUT2D eigenvalue weighted by Gasteiger charge is 2.52. The lowest BCUT2D eigenvalue weighted by atomic mass is 9.84. The van der Waals surface area contributed by atoms with Gasteiger partial charge in [0.15, 0.2) is 0 Å². The molecule has 0 unspecified atom stereocenters. The van der Waals surface area contributed by atoms with Crippen molar-refractivity contribution < 1.29 is 5.11 Å². The molecule has 2 bridgehead atoms. The highest BCUT2D eigenvalue weighted by atomic mass is 28.3. The van der Waals surface area contributed by atoms with Crippen LogP contribution < -0.4 is 0 Å². The molecule has 2 heteroatoms. The summed E-state index contributed by atoms with van der Waals surface area (Å²) in [4.78, 5) is 0. The summed E-state index contributed by atoms with van der Waals surface area (Å²) in [5, 5.41) is 11.9. The van der Waals surface area contributed by atoms with E-state index >= 15 is 0 Å². The van der Waals surface area contributed by atoms with E-state index in [1.165, 1.54) is 11.6 Å². The molecule has 0 aliphatic heterocycles. The molecule has 0 radical (unpaired) electrons. The van der Waals surface area contributed by atoms with Crippen LogP contribution in [0, 0.1) is 23.7 Å². The largest absolute Gasteiger partial charge is 0.389 e. The molecule has 0 aromatic rings. The van der Waals surface area contributed by atoms with Crippen LogP contribution in [0.2, 0.25) is 19.6 Å². The molecule has 1 nitrogen and oxygen atoms in total. The van der Waals surface area contributed by atoms with Crippen LogP contribution in [0.4, 0.5) is 0 Å². The number of allylic oxidation sites excluding steroid dienone is 3. The Labute approximate surface area is 92.9 Å². The Balaban J connectivity index is 1.96. The third-order valence-corrected chi connectivity index (χ3v) is 6.70. The van der Waals surface area contributed by atoms with Crippen molar-refractivity contribution in [1.29, 1.82) is 0 Å². The normalized spacial score (nSPS) is 47.2. The quantitative estimate of drug-likeness (QED) is 0.532. The maximum absolute atomic E-state index is 10.4. The van der Waals surface area contributed by atoms with Gasteiger partial charge in [0, 0.05) is 5.92 Å². The van der Waals surface area contributed by atoms with Crippen molar-refractivity contribution in [2.24, 2.45) is 23.7 Å². The Kier molecular flexibility index (Phi) is 1.88. The van der Waals surface area contributed by atoms with Crippen molar-refractivity contribution >= 4 is 8.07 Å². The molecular weight excluding hydrogens is 200 g/mol. The summed E-state index contributed by atoms with van der Waals surface area (Å²) in [6.45, 7) is 7.04. The molecule has 1 N–H and O–H groups in total. The summed E-state index contributed by atoms with van der Waals surface area (Å²) in [7, 11) is -1.30. The Bertz CT molecular complexity index is 350. The van der Waals surface area contributed by atoms with E-state index in [4.69, 9.17) is 0 Å². The van der Waals surface area contributed by atoms with Crippen LogP contribution in [-0.4, -0.2) is 19.3 Å². The van der Waals surface area contributed by atoms with Crippen molar-refractivity contribution in [1.82, 2.24) is 0 Å². The second kappa shape index (κ2) is 2.86. The summed E-state index contributed by atoms with van der Waals surface area (Å²) >= 11 is 0. The fourth-order valence-corrected chi connectivity index (χ4v) is 5.56. The van der Waals surface area contributed by atoms with Crippen LogP contribution in [0.3, 0.4) is 0 Å². The van der Waals surface area contributed by atoms with Crippen LogP contribution >= 0.6 is 0 Å². The average Bonchev–Trinajstić information content (AvgIpc) is 2.73. The molecule has 1 fully saturated rings. The fraction of sp³-hybridized carbons (Fsp3) is 0.692. The first-order valence-electron chi connectivity index (χ1n) is 6.07. The first-order valence-corrected chi connectivity index (χ1v) is 9.57. The van der Waals surface area contributed by atoms with E-state index in [-0.39, 0.29) is 6.10 Å². The van der Waals surface area contributed by atoms with Crippen molar-refractivity contribution in [2.75, 3.05) is 0 Å². The lowest BCUT2D eigenvalue weighted by molar-refractivity contribution is 0.128. The van der Waals surface area contributed by atoms with Crippen LogP contribution in [0.1, 0.15) is 6.42 Å². The molecule has 0 saturated heterocycles. The molecular formula is C13H20OSi. The number of aliphatic hydroxyl groups excluding tert-OH is 1. The number of fused-ring (bicyclic) bond motifs is 5. The summed E-state index contributed by atoms with van der Waals surface area (Å²) in [6.07, 6.45) is 8.33. The SMILES string of the molecule is C[Si](C)(C)C1=C[C@H]2[C@H]([C@@H]3C=C[C@H]2C3)[C@@H]1O. The van der Waals surface area contributed by atoms with Gasteiger partial charge in [0.05, 0.1) is 14.2 Å². The number of aliphatic hydroxyl groups is 1. The van der Waals surface area contributed by atoms with Gasteiger partial charge >= 0.3 is 0 Å². The predicted molar refractivity (Wildman–Crippen MR) is 65.2 cm³/mol. The van der Waals surface area contributed by atoms with Gasteiger partial charge in [-0.05, 0) is 24.2 Å². The Morgan fingerprint density at radius 2 is 1.87 bits per heavy atom. The number of hydrogen-bond acceptors (Lipinski definition) is 1. The molecule has 0 aromatic carbocycles. The minimum absolute atomic E-state index is 0.124. The highest BCUT2D eigenvalue weighted by Crippen LogP contribution is 2.55. The lowest BCUT2D eigenvalue weighted by Gasteiger charge is -2.27. The smallest absolute Gasteiger partial charge is 0.0755 e. The average molecular weight is 220 g/mol. The van der Waals surface area contributed by atoms with Gasteiger partial charge in [-0.25, -0.2) is 0 Å². The van der Waals surface area contributed by atoms with E-state index in [1.807, 2.05) is 0 Å². The fourth-order valence-electron chi connectivity index (χ4n) is 3.78. The first-order chi connectivity index (χ1) is 6.98. The van der Waals surface area contributed by atoms with Gasteiger partial charge in [-0.15, -0.1) is 0 Å². The molecule has 5 atom stereocenters. The maximum atomic E-state index is 10.4. The molecule has 0 spiro atoms. The second-order valence-corrected chi connectivity index (χ2v) is 11.5. The van der Waals surface area contributed by atoms with E-state index < -0.39 is 8.07 Å². The van der Waals surface area contributed by atoms with Gasteiger partial charge in [-0.1, -0.05) is 43.1 Å². The molecule has 0 heterocycles. The number of hydrogen-bond donors (Lipinski definition) is 1. The van der Waals surface area contributed by atoms with Crippen molar-refractivity contribution in [3.05, 3.63) is 23.4 Å². The minimum Gasteiger partial charge on any atom is -0.389 e. The lowest BCUT2D eigenvalue weighted by Crippen LogP contribution is -2.34. The molecule has 82 valence electrons. The Morgan fingerprint density at radius 3 is 2.47 bits per heavy atom. The minimum atomic E-state index is -1.30.